The number of anilines is 1. The first-order valence-electron chi connectivity index (χ1n) is 15.3. The minimum Gasteiger partial charge on any atom is -0.493 e. The van der Waals surface area contributed by atoms with Gasteiger partial charge in [0, 0.05) is 42.6 Å². The number of aliphatic carboxylic acids is 1. The van der Waals surface area contributed by atoms with Crippen molar-refractivity contribution in [3.63, 3.8) is 0 Å². The number of benzene rings is 2. The van der Waals surface area contributed by atoms with Crippen LogP contribution in [0.3, 0.4) is 0 Å². The minimum atomic E-state index is -3.49. The lowest BCUT2D eigenvalue weighted by molar-refractivity contribution is -0.160. The third-order valence-electron chi connectivity index (χ3n) is 7.98. The van der Waals surface area contributed by atoms with Gasteiger partial charge in [-0.2, -0.15) is 0 Å². The molecule has 8 nitrogen and oxygen atoms in total. The van der Waals surface area contributed by atoms with E-state index in [-0.39, 0.29) is 17.0 Å². The monoisotopic (exact) mass is 640 g/mol. The molecule has 1 N–H and O–H groups in total. The zero-order chi connectivity index (χ0) is 33.2. The molecule has 1 unspecified atom stereocenters. The molecule has 0 spiro atoms. The van der Waals surface area contributed by atoms with Crippen LogP contribution in [0.25, 0.3) is 11.1 Å². The molecule has 1 aliphatic rings. The van der Waals surface area contributed by atoms with Gasteiger partial charge in [-0.3, -0.25) is 4.98 Å². The molecule has 1 aliphatic heterocycles. The van der Waals surface area contributed by atoms with Gasteiger partial charge in [0.15, 0.2) is 15.9 Å². The molecule has 0 aliphatic carbocycles. The van der Waals surface area contributed by atoms with Gasteiger partial charge < -0.3 is 19.5 Å². The molecule has 0 radical (unpaired) electrons. The van der Waals surface area contributed by atoms with E-state index in [1.807, 2.05) is 45.0 Å². The summed E-state index contributed by atoms with van der Waals surface area (Å²) in [6.45, 7) is 13.3. The van der Waals surface area contributed by atoms with Gasteiger partial charge in [0.25, 0.3) is 0 Å². The number of hydrogen-bond acceptors (Lipinski definition) is 7. The van der Waals surface area contributed by atoms with Crippen LogP contribution in [0, 0.1) is 18.2 Å². The Morgan fingerprint density at radius 1 is 1.07 bits per heavy atom. The largest absolute Gasteiger partial charge is 0.493 e. The molecule has 1 fully saturated rings. The Balaban J connectivity index is 1.83. The zero-order valence-electron chi connectivity index (χ0n) is 27.3. The van der Waals surface area contributed by atoms with Gasteiger partial charge >= 0.3 is 5.97 Å². The number of rotatable bonds is 11. The van der Waals surface area contributed by atoms with Crippen LogP contribution in [0.5, 0.6) is 5.75 Å². The predicted molar refractivity (Wildman–Crippen MR) is 175 cm³/mol. The summed E-state index contributed by atoms with van der Waals surface area (Å²) in [4.78, 5) is 19.7. The van der Waals surface area contributed by atoms with Crippen molar-refractivity contribution < 1.29 is 32.2 Å². The van der Waals surface area contributed by atoms with Crippen LogP contribution < -0.4 is 9.64 Å². The molecular weight excluding hydrogens is 595 g/mol. The molecule has 0 amide bonds. The summed E-state index contributed by atoms with van der Waals surface area (Å²) < 4.78 is 50.7. The number of aryl methyl sites for hydroxylation is 1. The Morgan fingerprint density at radius 3 is 2.20 bits per heavy atom. The summed E-state index contributed by atoms with van der Waals surface area (Å²) in [6, 6.07) is 13.6. The summed E-state index contributed by atoms with van der Waals surface area (Å²) in [5.41, 5.74) is 3.47. The number of aromatic nitrogens is 1. The molecule has 1 atom stereocenters. The van der Waals surface area contributed by atoms with Crippen LogP contribution in [0.1, 0.15) is 76.1 Å². The van der Waals surface area contributed by atoms with Gasteiger partial charge in [0.05, 0.1) is 29.3 Å². The van der Waals surface area contributed by atoms with Crippen molar-refractivity contribution in [3.05, 3.63) is 76.9 Å². The Bertz CT molecular complexity index is 1600. The van der Waals surface area contributed by atoms with Crippen molar-refractivity contribution in [1.82, 2.24) is 4.98 Å². The van der Waals surface area contributed by atoms with E-state index in [1.165, 1.54) is 18.4 Å². The molecule has 3 aromatic rings. The maximum absolute atomic E-state index is 13.2. The SMILES string of the molecule is Cc1nc(CS(C)(=O)=O)c(-c2ccc(OCCc3ccc(F)cc3)cc2)c(N2CCC(C)(C)CC2)c1C(OC(C)(C)C)C(=O)O. The standard InChI is InChI=1S/C35H45FN2O6S/c1-23-29(32(33(39)40)44-34(2,3)4)31(38-19-17-35(5,6)18-20-38)30(28(37-23)22-45(7,41)42)25-10-14-27(15-11-25)43-21-16-24-8-12-26(36)13-9-24/h8-15,32H,16-22H2,1-7H3,(H,39,40). The number of sulfone groups is 1. The zero-order valence-corrected chi connectivity index (χ0v) is 28.1. The summed E-state index contributed by atoms with van der Waals surface area (Å²) in [5, 5.41) is 10.5. The number of carbonyl (C=O) groups is 1. The van der Waals surface area contributed by atoms with Gasteiger partial charge in [0.1, 0.15) is 11.6 Å². The minimum absolute atomic E-state index is 0.121. The first-order valence-corrected chi connectivity index (χ1v) is 17.3. The Hall–Kier alpha value is -3.50. The molecule has 1 saturated heterocycles. The molecule has 244 valence electrons. The van der Waals surface area contributed by atoms with Gasteiger partial charge in [-0.15, -0.1) is 0 Å². The second kappa shape index (κ2) is 13.5. The highest BCUT2D eigenvalue weighted by Crippen LogP contribution is 2.45. The van der Waals surface area contributed by atoms with Crippen LogP contribution in [0.4, 0.5) is 10.1 Å². The van der Waals surface area contributed by atoms with E-state index < -0.39 is 27.5 Å². The van der Waals surface area contributed by atoms with Crippen LogP contribution >= 0.6 is 0 Å². The van der Waals surface area contributed by atoms with Crippen molar-refractivity contribution in [3.8, 4) is 16.9 Å². The number of carboxylic acids is 1. The molecular formula is C35H45FN2O6S. The van der Waals surface area contributed by atoms with E-state index in [9.17, 15) is 22.7 Å². The van der Waals surface area contributed by atoms with Crippen LogP contribution in [-0.2, 0) is 31.5 Å². The second-order valence-electron chi connectivity index (χ2n) is 13.7. The summed E-state index contributed by atoms with van der Waals surface area (Å²) in [5.74, 6) is -1.11. The quantitative estimate of drug-likeness (QED) is 0.241. The second-order valence-corrected chi connectivity index (χ2v) is 15.8. The Morgan fingerprint density at radius 2 is 1.67 bits per heavy atom. The predicted octanol–water partition coefficient (Wildman–Crippen LogP) is 6.93. The fourth-order valence-electron chi connectivity index (χ4n) is 5.64. The van der Waals surface area contributed by atoms with Crippen LogP contribution in [0.15, 0.2) is 48.5 Å². The number of ether oxygens (including phenoxy) is 2. The summed E-state index contributed by atoms with van der Waals surface area (Å²) in [7, 11) is -3.49. The van der Waals surface area contributed by atoms with Crippen molar-refractivity contribution in [2.75, 3.05) is 30.9 Å². The molecule has 45 heavy (non-hydrogen) atoms. The van der Waals surface area contributed by atoms with E-state index in [2.05, 4.69) is 18.7 Å². The number of carboxylic acid groups (broad SMARTS) is 1. The smallest absolute Gasteiger partial charge is 0.337 e. The normalized spacial score (nSPS) is 16.0. The average Bonchev–Trinajstić information content (AvgIpc) is 2.92. The highest BCUT2D eigenvalue weighted by atomic mass is 32.2. The number of pyridine rings is 1. The van der Waals surface area contributed by atoms with Crippen molar-refractivity contribution >= 4 is 21.5 Å². The lowest BCUT2D eigenvalue weighted by atomic mass is 9.82. The van der Waals surface area contributed by atoms with Crippen molar-refractivity contribution in [2.45, 2.75) is 78.3 Å². The summed E-state index contributed by atoms with van der Waals surface area (Å²) >= 11 is 0. The molecule has 0 bridgehead atoms. The fourth-order valence-corrected chi connectivity index (χ4v) is 6.34. The Kier molecular flexibility index (Phi) is 10.3. The van der Waals surface area contributed by atoms with E-state index in [4.69, 9.17) is 14.5 Å². The molecule has 0 saturated carbocycles. The first kappa shape index (κ1) is 34.4. The van der Waals surface area contributed by atoms with E-state index in [0.717, 1.165) is 18.4 Å². The molecule has 4 rings (SSSR count). The third-order valence-corrected chi connectivity index (χ3v) is 8.78. The number of hydrogen-bond donors (Lipinski definition) is 1. The van der Waals surface area contributed by atoms with Gasteiger partial charge in [0.2, 0.25) is 0 Å². The fraction of sp³-hybridized carbons (Fsp3) is 0.486. The number of halogens is 1. The first-order chi connectivity index (χ1) is 20.9. The Labute approximate surface area is 266 Å². The van der Waals surface area contributed by atoms with E-state index >= 15 is 0 Å². The van der Waals surface area contributed by atoms with Gasteiger partial charge in [-0.05, 0) is 81.3 Å². The molecule has 2 aromatic carbocycles. The van der Waals surface area contributed by atoms with E-state index in [1.54, 1.807) is 19.1 Å². The number of piperidine rings is 1. The highest BCUT2D eigenvalue weighted by molar-refractivity contribution is 7.89. The maximum Gasteiger partial charge on any atom is 0.337 e. The lowest BCUT2D eigenvalue weighted by Crippen LogP contribution is -2.39. The highest BCUT2D eigenvalue weighted by Gasteiger charge is 2.37. The third kappa shape index (κ3) is 9.26. The van der Waals surface area contributed by atoms with Gasteiger partial charge in [-0.25, -0.2) is 17.6 Å². The maximum atomic E-state index is 13.2. The molecule has 1 aromatic heterocycles. The molecule has 2 heterocycles. The average molecular weight is 641 g/mol. The molecule has 10 heteroatoms. The van der Waals surface area contributed by atoms with Crippen LogP contribution in [-0.4, -0.2) is 56.0 Å². The topological polar surface area (TPSA) is 106 Å². The van der Waals surface area contributed by atoms with Gasteiger partial charge in [-0.1, -0.05) is 38.1 Å². The van der Waals surface area contributed by atoms with E-state index in [0.29, 0.717) is 65.6 Å². The summed E-state index contributed by atoms with van der Waals surface area (Å²) in [6.07, 6.45) is 2.22. The van der Waals surface area contributed by atoms with Crippen molar-refractivity contribution in [2.24, 2.45) is 5.41 Å². The van der Waals surface area contributed by atoms with Crippen molar-refractivity contribution in [1.29, 1.82) is 0 Å². The lowest BCUT2D eigenvalue weighted by Gasteiger charge is -2.41. The van der Waals surface area contributed by atoms with Crippen LogP contribution in [0.2, 0.25) is 0 Å². The number of nitrogens with zero attached hydrogens (tertiary/aromatic N) is 2.